The topological polar surface area (TPSA) is 51.4 Å². The predicted molar refractivity (Wildman–Crippen MR) is 63.0 cm³/mol. The van der Waals surface area contributed by atoms with Crippen molar-refractivity contribution in [2.24, 2.45) is 5.73 Å². The van der Waals surface area contributed by atoms with Gasteiger partial charge in [0.1, 0.15) is 0 Å². The molecule has 0 saturated carbocycles. The highest BCUT2D eigenvalue weighted by Gasteiger charge is 2.24. The standard InChI is InChI=1S/C12H19N3O/c1-10-9-15(5-6-16-10)12(7-13)11-3-2-4-14-8-11/h2-4,8,10,12H,5-7,9,13H2,1H3. The second-order valence-electron chi connectivity index (χ2n) is 4.21. The van der Waals surface area contributed by atoms with Gasteiger partial charge in [0.05, 0.1) is 12.7 Å². The van der Waals surface area contributed by atoms with Crippen LogP contribution in [0.4, 0.5) is 0 Å². The lowest BCUT2D eigenvalue weighted by Crippen LogP contribution is -2.45. The van der Waals surface area contributed by atoms with Gasteiger partial charge in [0.25, 0.3) is 0 Å². The maximum Gasteiger partial charge on any atom is 0.0674 e. The van der Waals surface area contributed by atoms with Crippen molar-refractivity contribution in [3.05, 3.63) is 30.1 Å². The average Bonchev–Trinajstić information content (AvgIpc) is 2.31. The van der Waals surface area contributed by atoms with Crippen molar-refractivity contribution in [2.45, 2.75) is 19.1 Å². The summed E-state index contributed by atoms with van der Waals surface area (Å²) in [6.07, 6.45) is 3.98. The minimum Gasteiger partial charge on any atom is -0.376 e. The lowest BCUT2D eigenvalue weighted by atomic mass is 10.1. The zero-order chi connectivity index (χ0) is 11.4. The van der Waals surface area contributed by atoms with E-state index in [1.807, 2.05) is 12.3 Å². The fourth-order valence-corrected chi connectivity index (χ4v) is 2.20. The van der Waals surface area contributed by atoms with E-state index in [9.17, 15) is 0 Å². The second kappa shape index (κ2) is 5.39. The molecule has 4 heteroatoms. The highest BCUT2D eigenvalue weighted by Crippen LogP contribution is 2.21. The van der Waals surface area contributed by atoms with Gasteiger partial charge in [-0.25, -0.2) is 0 Å². The minimum absolute atomic E-state index is 0.264. The summed E-state index contributed by atoms with van der Waals surface area (Å²) < 4.78 is 5.54. The van der Waals surface area contributed by atoms with Crippen molar-refractivity contribution in [2.75, 3.05) is 26.2 Å². The molecule has 1 aliphatic rings. The SMILES string of the molecule is CC1CN(C(CN)c2cccnc2)CCO1. The molecule has 0 radical (unpaired) electrons. The van der Waals surface area contributed by atoms with Crippen LogP contribution in [0.3, 0.4) is 0 Å². The molecule has 0 spiro atoms. The highest BCUT2D eigenvalue weighted by atomic mass is 16.5. The van der Waals surface area contributed by atoms with Gasteiger partial charge in [0.2, 0.25) is 0 Å². The number of ether oxygens (including phenoxy) is 1. The molecule has 1 aromatic rings. The second-order valence-corrected chi connectivity index (χ2v) is 4.21. The molecule has 0 amide bonds. The fraction of sp³-hybridized carbons (Fsp3) is 0.583. The van der Waals surface area contributed by atoms with Crippen LogP contribution in [0.25, 0.3) is 0 Å². The van der Waals surface area contributed by atoms with Crippen LogP contribution < -0.4 is 5.73 Å². The van der Waals surface area contributed by atoms with E-state index in [1.54, 1.807) is 6.20 Å². The molecule has 2 heterocycles. The molecule has 1 aliphatic heterocycles. The first kappa shape index (κ1) is 11.5. The van der Waals surface area contributed by atoms with E-state index in [-0.39, 0.29) is 6.04 Å². The Morgan fingerprint density at radius 3 is 3.19 bits per heavy atom. The molecule has 88 valence electrons. The Morgan fingerprint density at radius 1 is 1.69 bits per heavy atom. The number of nitrogens with two attached hydrogens (primary N) is 1. The molecule has 0 aromatic carbocycles. The molecule has 1 saturated heterocycles. The van der Waals surface area contributed by atoms with Crippen molar-refractivity contribution >= 4 is 0 Å². The number of hydrogen-bond donors (Lipinski definition) is 1. The Morgan fingerprint density at radius 2 is 2.56 bits per heavy atom. The molecule has 2 rings (SSSR count). The molecule has 1 fully saturated rings. The third-order valence-electron chi connectivity index (χ3n) is 3.01. The molecule has 16 heavy (non-hydrogen) atoms. The lowest BCUT2D eigenvalue weighted by molar-refractivity contribution is -0.0333. The van der Waals surface area contributed by atoms with Crippen molar-refractivity contribution in [3.8, 4) is 0 Å². The van der Waals surface area contributed by atoms with E-state index in [0.717, 1.165) is 19.7 Å². The van der Waals surface area contributed by atoms with Gasteiger partial charge in [-0.1, -0.05) is 6.07 Å². The Hall–Kier alpha value is -0.970. The lowest BCUT2D eigenvalue weighted by Gasteiger charge is -2.36. The molecule has 0 aliphatic carbocycles. The number of aromatic nitrogens is 1. The number of morpholine rings is 1. The van der Waals surface area contributed by atoms with Crippen molar-refractivity contribution in [3.63, 3.8) is 0 Å². The van der Waals surface area contributed by atoms with Crippen LogP contribution in [-0.2, 0) is 4.74 Å². The molecule has 2 unspecified atom stereocenters. The Bertz CT molecular complexity index is 317. The van der Waals surface area contributed by atoms with E-state index in [4.69, 9.17) is 10.5 Å². The zero-order valence-electron chi connectivity index (χ0n) is 9.67. The summed E-state index contributed by atoms with van der Waals surface area (Å²) in [7, 11) is 0. The van der Waals surface area contributed by atoms with E-state index in [0.29, 0.717) is 12.6 Å². The van der Waals surface area contributed by atoms with Crippen LogP contribution in [0, 0.1) is 0 Å². The van der Waals surface area contributed by atoms with Crippen LogP contribution in [0.15, 0.2) is 24.5 Å². The molecular formula is C12H19N3O. The van der Waals surface area contributed by atoms with Gasteiger partial charge in [-0.2, -0.15) is 0 Å². The third kappa shape index (κ3) is 2.58. The molecule has 4 nitrogen and oxygen atoms in total. The summed E-state index contributed by atoms with van der Waals surface area (Å²) in [5.74, 6) is 0. The maximum atomic E-state index is 5.87. The monoisotopic (exact) mass is 221 g/mol. The summed E-state index contributed by atoms with van der Waals surface area (Å²) in [4.78, 5) is 6.53. The van der Waals surface area contributed by atoms with Gasteiger partial charge >= 0.3 is 0 Å². The van der Waals surface area contributed by atoms with E-state index < -0.39 is 0 Å². The number of pyridine rings is 1. The van der Waals surface area contributed by atoms with E-state index >= 15 is 0 Å². The fourth-order valence-electron chi connectivity index (χ4n) is 2.20. The number of rotatable bonds is 3. The number of nitrogens with zero attached hydrogens (tertiary/aromatic N) is 2. The van der Waals surface area contributed by atoms with Crippen molar-refractivity contribution < 1.29 is 4.74 Å². The summed E-state index contributed by atoms with van der Waals surface area (Å²) in [6.45, 7) is 5.40. The molecule has 0 bridgehead atoms. The van der Waals surface area contributed by atoms with Gasteiger partial charge in [-0.3, -0.25) is 9.88 Å². The van der Waals surface area contributed by atoms with E-state index in [2.05, 4.69) is 22.9 Å². The first-order valence-corrected chi connectivity index (χ1v) is 5.77. The Kier molecular flexibility index (Phi) is 3.88. The smallest absolute Gasteiger partial charge is 0.0674 e. The summed E-state index contributed by atoms with van der Waals surface area (Å²) >= 11 is 0. The van der Waals surface area contributed by atoms with Gasteiger partial charge in [0, 0.05) is 38.1 Å². The van der Waals surface area contributed by atoms with Crippen LogP contribution >= 0.6 is 0 Å². The molecule has 2 N–H and O–H groups in total. The van der Waals surface area contributed by atoms with Crippen LogP contribution in [0.2, 0.25) is 0 Å². The third-order valence-corrected chi connectivity index (χ3v) is 3.01. The Balaban J connectivity index is 2.10. The van der Waals surface area contributed by atoms with Gasteiger partial charge < -0.3 is 10.5 Å². The maximum absolute atomic E-state index is 5.87. The van der Waals surface area contributed by atoms with Crippen molar-refractivity contribution in [1.82, 2.24) is 9.88 Å². The predicted octanol–water partition coefficient (Wildman–Crippen LogP) is 0.802. The molecule has 1 aromatic heterocycles. The average molecular weight is 221 g/mol. The van der Waals surface area contributed by atoms with Gasteiger partial charge in [-0.15, -0.1) is 0 Å². The van der Waals surface area contributed by atoms with Crippen molar-refractivity contribution in [1.29, 1.82) is 0 Å². The minimum atomic E-state index is 0.264. The summed E-state index contributed by atoms with van der Waals surface area (Å²) in [5.41, 5.74) is 7.06. The first-order valence-electron chi connectivity index (χ1n) is 5.77. The first-order chi connectivity index (χ1) is 7.81. The number of hydrogen-bond acceptors (Lipinski definition) is 4. The molecular weight excluding hydrogens is 202 g/mol. The highest BCUT2D eigenvalue weighted by molar-refractivity contribution is 5.14. The quantitative estimate of drug-likeness (QED) is 0.820. The van der Waals surface area contributed by atoms with Gasteiger partial charge in [0.15, 0.2) is 0 Å². The van der Waals surface area contributed by atoms with Crippen LogP contribution in [0.5, 0.6) is 0 Å². The zero-order valence-corrected chi connectivity index (χ0v) is 9.67. The van der Waals surface area contributed by atoms with Crippen LogP contribution in [0.1, 0.15) is 18.5 Å². The normalized spacial score (nSPS) is 24.2. The Labute approximate surface area is 96.4 Å². The summed E-state index contributed by atoms with van der Waals surface area (Å²) in [5, 5.41) is 0. The van der Waals surface area contributed by atoms with E-state index in [1.165, 1.54) is 5.56 Å². The largest absolute Gasteiger partial charge is 0.376 e. The van der Waals surface area contributed by atoms with Crippen LogP contribution in [-0.4, -0.2) is 42.2 Å². The summed E-state index contributed by atoms with van der Waals surface area (Å²) in [6, 6.07) is 4.31. The molecule has 2 atom stereocenters. The van der Waals surface area contributed by atoms with Gasteiger partial charge in [-0.05, 0) is 18.6 Å².